The van der Waals surface area contributed by atoms with Gasteiger partial charge in [0.2, 0.25) is 0 Å². The van der Waals surface area contributed by atoms with E-state index in [-0.39, 0.29) is 0 Å². The predicted molar refractivity (Wildman–Crippen MR) is 78.1 cm³/mol. The summed E-state index contributed by atoms with van der Waals surface area (Å²) in [5, 5.41) is 11.0. The van der Waals surface area contributed by atoms with Crippen LogP contribution in [0.2, 0.25) is 5.02 Å². The van der Waals surface area contributed by atoms with Gasteiger partial charge in [0.05, 0.1) is 18.2 Å². The van der Waals surface area contributed by atoms with Crippen LogP contribution in [0.5, 0.6) is 0 Å². The van der Waals surface area contributed by atoms with E-state index in [0.717, 1.165) is 15.6 Å². The van der Waals surface area contributed by atoms with Crippen molar-refractivity contribution in [3.05, 3.63) is 68.1 Å². The van der Waals surface area contributed by atoms with Crippen molar-refractivity contribution in [3.8, 4) is 0 Å². The number of hydrogen-bond donors (Lipinski definition) is 1. The Morgan fingerprint density at radius 2 is 1.95 bits per heavy atom. The van der Waals surface area contributed by atoms with Crippen LogP contribution in [0.25, 0.3) is 0 Å². The minimum atomic E-state index is -0.726. The Morgan fingerprint density at radius 1 is 1.16 bits per heavy atom. The van der Waals surface area contributed by atoms with Crippen molar-refractivity contribution in [1.82, 2.24) is 0 Å². The van der Waals surface area contributed by atoms with Crippen molar-refractivity contribution >= 4 is 27.5 Å². The van der Waals surface area contributed by atoms with Crippen LogP contribution in [0.4, 0.5) is 0 Å². The van der Waals surface area contributed by atoms with E-state index >= 15 is 0 Å². The summed E-state index contributed by atoms with van der Waals surface area (Å²) >= 11 is 9.60. The summed E-state index contributed by atoms with van der Waals surface area (Å²) in [5.74, 6) is 0. The van der Waals surface area contributed by atoms with E-state index in [1.165, 1.54) is 5.56 Å². The molecule has 19 heavy (non-hydrogen) atoms. The van der Waals surface area contributed by atoms with Gasteiger partial charge in [0, 0.05) is 10.0 Å². The van der Waals surface area contributed by atoms with Gasteiger partial charge in [-0.05, 0) is 38.7 Å². The van der Waals surface area contributed by atoms with Gasteiger partial charge < -0.3 is 9.84 Å². The number of rotatable bonds is 2. The summed E-state index contributed by atoms with van der Waals surface area (Å²) in [7, 11) is 0. The first kappa shape index (κ1) is 13.1. The summed E-state index contributed by atoms with van der Waals surface area (Å²) in [4.78, 5) is 0. The standard InChI is InChI=1S/C15H12BrClO2/c16-13-3-1-2-12(14(13)17)15(18)9-4-5-10-7-19-8-11(10)6-9/h1-6,15,18H,7-8H2. The van der Waals surface area contributed by atoms with Crippen molar-refractivity contribution in [3.63, 3.8) is 0 Å². The van der Waals surface area contributed by atoms with E-state index in [1.807, 2.05) is 36.4 Å². The summed E-state index contributed by atoms with van der Waals surface area (Å²) in [5.41, 5.74) is 3.87. The highest BCUT2D eigenvalue weighted by Crippen LogP contribution is 2.34. The zero-order valence-electron chi connectivity index (χ0n) is 10.1. The molecule has 2 aromatic carbocycles. The predicted octanol–water partition coefficient (Wildman–Crippen LogP) is 4.21. The molecule has 0 amide bonds. The monoisotopic (exact) mass is 338 g/mol. The van der Waals surface area contributed by atoms with Crippen LogP contribution in [-0.2, 0) is 18.0 Å². The quantitative estimate of drug-likeness (QED) is 0.888. The van der Waals surface area contributed by atoms with E-state index in [0.29, 0.717) is 23.8 Å². The summed E-state index contributed by atoms with van der Waals surface area (Å²) in [6, 6.07) is 11.5. The smallest absolute Gasteiger partial charge is 0.106 e. The lowest BCUT2D eigenvalue weighted by atomic mass is 9.98. The third-order valence-electron chi connectivity index (χ3n) is 3.34. The molecule has 0 saturated heterocycles. The fraction of sp³-hybridized carbons (Fsp3) is 0.200. The number of aliphatic hydroxyl groups is 1. The molecule has 2 aromatic rings. The van der Waals surface area contributed by atoms with E-state index in [4.69, 9.17) is 16.3 Å². The zero-order valence-corrected chi connectivity index (χ0v) is 12.4. The van der Waals surface area contributed by atoms with E-state index in [1.54, 1.807) is 0 Å². The molecule has 0 bridgehead atoms. The number of fused-ring (bicyclic) bond motifs is 1. The fourth-order valence-electron chi connectivity index (χ4n) is 2.27. The second-order valence-corrected chi connectivity index (χ2v) is 5.80. The number of ether oxygens (including phenoxy) is 1. The highest BCUT2D eigenvalue weighted by atomic mass is 79.9. The maximum absolute atomic E-state index is 10.5. The van der Waals surface area contributed by atoms with Gasteiger partial charge in [-0.2, -0.15) is 0 Å². The van der Waals surface area contributed by atoms with Crippen LogP contribution >= 0.6 is 27.5 Å². The van der Waals surface area contributed by atoms with Gasteiger partial charge in [-0.25, -0.2) is 0 Å². The molecule has 1 aliphatic rings. The van der Waals surface area contributed by atoms with Gasteiger partial charge >= 0.3 is 0 Å². The van der Waals surface area contributed by atoms with Crippen LogP contribution in [-0.4, -0.2) is 5.11 Å². The first-order valence-electron chi connectivity index (χ1n) is 5.98. The molecule has 0 aromatic heterocycles. The molecule has 0 spiro atoms. The Labute approximate surface area is 125 Å². The number of benzene rings is 2. The molecule has 0 radical (unpaired) electrons. The topological polar surface area (TPSA) is 29.5 Å². The van der Waals surface area contributed by atoms with E-state index < -0.39 is 6.10 Å². The summed E-state index contributed by atoms with van der Waals surface area (Å²) in [6.07, 6.45) is -0.726. The van der Waals surface area contributed by atoms with E-state index in [9.17, 15) is 5.11 Å². The Bertz CT molecular complexity index is 628. The highest BCUT2D eigenvalue weighted by molar-refractivity contribution is 9.10. The molecule has 0 fully saturated rings. The fourth-order valence-corrected chi connectivity index (χ4v) is 2.88. The van der Waals surface area contributed by atoms with Gasteiger partial charge in [-0.3, -0.25) is 0 Å². The molecule has 4 heteroatoms. The molecule has 1 aliphatic heterocycles. The maximum Gasteiger partial charge on any atom is 0.106 e. The van der Waals surface area contributed by atoms with Crippen LogP contribution in [0.3, 0.4) is 0 Å². The highest BCUT2D eigenvalue weighted by Gasteiger charge is 2.18. The van der Waals surface area contributed by atoms with Gasteiger partial charge in [-0.1, -0.05) is 41.9 Å². The minimum absolute atomic E-state index is 0.548. The van der Waals surface area contributed by atoms with Crippen molar-refractivity contribution in [1.29, 1.82) is 0 Å². The lowest BCUT2D eigenvalue weighted by molar-refractivity contribution is 0.134. The molecule has 2 nitrogen and oxygen atoms in total. The van der Waals surface area contributed by atoms with Crippen molar-refractivity contribution < 1.29 is 9.84 Å². The first-order chi connectivity index (χ1) is 9.16. The molecule has 0 aliphatic carbocycles. The van der Waals surface area contributed by atoms with Crippen molar-refractivity contribution in [2.75, 3.05) is 0 Å². The molecule has 1 heterocycles. The third kappa shape index (κ3) is 2.43. The second kappa shape index (κ2) is 5.25. The Kier molecular flexibility index (Phi) is 3.63. The Morgan fingerprint density at radius 3 is 2.79 bits per heavy atom. The van der Waals surface area contributed by atoms with Crippen molar-refractivity contribution in [2.24, 2.45) is 0 Å². The summed E-state index contributed by atoms with van der Waals surface area (Å²) in [6.45, 7) is 1.27. The second-order valence-electron chi connectivity index (χ2n) is 4.57. The lowest BCUT2D eigenvalue weighted by Crippen LogP contribution is -2.01. The van der Waals surface area contributed by atoms with Gasteiger partial charge in [0.25, 0.3) is 0 Å². The molecule has 1 atom stereocenters. The molecule has 1 N–H and O–H groups in total. The van der Waals surface area contributed by atoms with Gasteiger partial charge in [0.15, 0.2) is 0 Å². The van der Waals surface area contributed by atoms with Crippen LogP contribution in [0.1, 0.15) is 28.4 Å². The van der Waals surface area contributed by atoms with Gasteiger partial charge in [-0.15, -0.1) is 0 Å². The normalized spacial score (nSPS) is 15.3. The molecule has 3 rings (SSSR count). The average Bonchev–Trinajstić information content (AvgIpc) is 2.88. The maximum atomic E-state index is 10.5. The van der Waals surface area contributed by atoms with E-state index in [2.05, 4.69) is 15.9 Å². The molecule has 98 valence electrons. The van der Waals surface area contributed by atoms with Crippen LogP contribution < -0.4 is 0 Å². The average molecular weight is 340 g/mol. The SMILES string of the molecule is OC(c1ccc2c(c1)COC2)c1cccc(Br)c1Cl. The first-order valence-corrected chi connectivity index (χ1v) is 7.15. The minimum Gasteiger partial charge on any atom is -0.384 e. The van der Waals surface area contributed by atoms with Gasteiger partial charge in [0.1, 0.15) is 6.10 Å². The Hall–Kier alpha value is -0.870. The third-order valence-corrected chi connectivity index (χ3v) is 4.65. The lowest BCUT2D eigenvalue weighted by Gasteiger charge is -2.15. The molecular weight excluding hydrogens is 328 g/mol. The molecule has 0 saturated carbocycles. The largest absolute Gasteiger partial charge is 0.384 e. The molecular formula is C15H12BrClO2. The van der Waals surface area contributed by atoms with Crippen LogP contribution in [0, 0.1) is 0 Å². The number of aliphatic hydroxyl groups excluding tert-OH is 1. The van der Waals surface area contributed by atoms with Crippen LogP contribution in [0.15, 0.2) is 40.9 Å². The molecule has 1 unspecified atom stereocenters. The number of halogens is 2. The zero-order chi connectivity index (χ0) is 13.4. The van der Waals surface area contributed by atoms with Crippen molar-refractivity contribution in [2.45, 2.75) is 19.3 Å². The Balaban J connectivity index is 2.00. The number of hydrogen-bond acceptors (Lipinski definition) is 2. The summed E-state index contributed by atoms with van der Waals surface area (Å²) < 4.78 is 6.17.